The molecule has 3 rings (SSSR count). The van der Waals surface area contributed by atoms with Crippen LogP contribution in [0.4, 0.5) is 0 Å². The first-order chi connectivity index (χ1) is 16.4. The highest BCUT2D eigenvalue weighted by atomic mass is 32.2. The summed E-state index contributed by atoms with van der Waals surface area (Å²) in [7, 11) is -3.78. The molecule has 0 radical (unpaired) electrons. The molecule has 0 saturated heterocycles. The zero-order valence-electron chi connectivity index (χ0n) is 24.0. The van der Waals surface area contributed by atoms with Gasteiger partial charge in [0.05, 0.1) is 5.60 Å². The zero-order valence-corrected chi connectivity index (χ0v) is 24.8. The Bertz CT molecular complexity index is 1130. The quantitative estimate of drug-likeness (QED) is 0.431. The van der Waals surface area contributed by atoms with Crippen LogP contribution >= 0.6 is 0 Å². The number of hydrogen-bond acceptors (Lipinski definition) is 3. The van der Waals surface area contributed by atoms with Gasteiger partial charge in [-0.3, -0.25) is 0 Å². The summed E-state index contributed by atoms with van der Waals surface area (Å²) in [6, 6.07) is 8.62. The van der Waals surface area contributed by atoms with Crippen molar-refractivity contribution in [1.29, 1.82) is 0 Å². The Morgan fingerprint density at radius 1 is 0.889 bits per heavy atom. The molecule has 0 atom stereocenters. The van der Waals surface area contributed by atoms with Crippen molar-refractivity contribution in [3.8, 4) is 11.3 Å². The molecule has 1 aromatic heterocycles. The van der Waals surface area contributed by atoms with Crippen LogP contribution in [0, 0.1) is 12.8 Å². The molecule has 2 aromatic rings. The lowest BCUT2D eigenvalue weighted by Gasteiger charge is -2.27. The molecule has 1 fully saturated rings. The van der Waals surface area contributed by atoms with Crippen molar-refractivity contribution in [3.63, 3.8) is 0 Å². The third-order valence-electron chi connectivity index (χ3n) is 7.43. The van der Waals surface area contributed by atoms with Gasteiger partial charge in [-0.05, 0) is 85.3 Å². The van der Waals surface area contributed by atoms with E-state index in [0.717, 1.165) is 23.5 Å². The molecule has 1 saturated carbocycles. The monoisotopic (exact) mass is 516 g/mol. The van der Waals surface area contributed by atoms with E-state index in [1.807, 2.05) is 13.0 Å². The fourth-order valence-electron chi connectivity index (χ4n) is 4.99. The van der Waals surface area contributed by atoms with E-state index in [1.54, 1.807) is 13.8 Å². The van der Waals surface area contributed by atoms with E-state index in [-0.39, 0.29) is 17.4 Å². The number of hydrogen-bond donors (Lipinski definition) is 2. The van der Waals surface area contributed by atoms with Crippen LogP contribution in [-0.2, 0) is 27.4 Å². The number of benzene rings is 1. The van der Waals surface area contributed by atoms with Crippen LogP contribution in [0.15, 0.2) is 29.2 Å². The third kappa shape index (κ3) is 7.02. The van der Waals surface area contributed by atoms with E-state index in [9.17, 15) is 13.5 Å². The molecule has 0 spiro atoms. The van der Waals surface area contributed by atoms with Crippen LogP contribution < -0.4 is 4.72 Å². The second kappa shape index (κ2) is 10.3. The van der Waals surface area contributed by atoms with Crippen molar-refractivity contribution >= 4 is 10.0 Å². The summed E-state index contributed by atoms with van der Waals surface area (Å²) in [5, 5.41) is 10.1. The minimum atomic E-state index is -3.78. The molecule has 1 heterocycles. The lowest BCUT2D eigenvalue weighted by molar-refractivity contribution is 0.0857. The maximum atomic E-state index is 13.4. The smallest absolute Gasteiger partial charge is 0.242 e. The summed E-state index contributed by atoms with van der Waals surface area (Å²) in [6.07, 6.45) is 6.15. The van der Waals surface area contributed by atoms with E-state index in [2.05, 4.69) is 69.0 Å². The molecule has 6 heteroatoms. The van der Waals surface area contributed by atoms with Crippen LogP contribution in [0.1, 0.15) is 104 Å². The SMILES string of the molecule is Cc1c(S(=O)(=O)NCC(C)(C)O)cc(-c2cc(C(C)(C)C)cc(C(C)(C)C)c2)n1CC1CCCCC1. The molecule has 0 amide bonds. The van der Waals surface area contributed by atoms with Gasteiger partial charge in [0.1, 0.15) is 4.90 Å². The standard InChI is InChI=1S/C30H48N2O3S/c1-21-27(36(34,35)31-20-30(8,9)33)18-26(32(21)19-22-13-11-10-12-14-22)23-15-24(28(2,3)4)17-25(16-23)29(5,6)7/h15-18,22,31,33H,10-14,19-20H2,1-9H3. The summed E-state index contributed by atoms with van der Waals surface area (Å²) in [4.78, 5) is 0.302. The Morgan fingerprint density at radius 2 is 1.42 bits per heavy atom. The maximum absolute atomic E-state index is 13.4. The second-order valence-electron chi connectivity index (χ2n) is 13.5. The van der Waals surface area contributed by atoms with Gasteiger partial charge in [0.15, 0.2) is 0 Å². The highest BCUT2D eigenvalue weighted by Gasteiger charge is 2.28. The van der Waals surface area contributed by atoms with Crippen LogP contribution in [0.5, 0.6) is 0 Å². The first kappa shape index (κ1) is 28.9. The van der Waals surface area contributed by atoms with Gasteiger partial charge in [0.2, 0.25) is 10.0 Å². The van der Waals surface area contributed by atoms with Gasteiger partial charge in [-0.15, -0.1) is 0 Å². The molecule has 0 unspecified atom stereocenters. The van der Waals surface area contributed by atoms with E-state index in [0.29, 0.717) is 10.8 Å². The van der Waals surface area contributed by atoms with Gasteiger partial charge in [0, 0.05) is 24.5 Å². The Labute approximate surface area is 219 Å². The minimum absolute atomic E-state index is 0.0327. The van der Waals surface area contributed by atoms with Crippen molar-refractivity contribution in [1.82, 2.24) is 9.29 Å². The number of aliphatic hydroxyl groups is 1. The fourth-order valence-corrected chi connectivity index (χ4v) is 6.45. The third-order valence-corrected chi connectivity index (χ3v) is 8.95. The highest BCUT2D eigenvalue weighted by molar-refractivity contribution is 7.89. The van der Waals surface area contributed by atoms with E-state index < -0.39 is 15.6 Å². The number of aromatic nitrogens is 1. The van der Waals surface area contributed by atoms with E-state index in [1.165, 1.54) is 43.2 Å². The zero-order chi connectivity index (χ0) is 27.1. The van der Waals surface area contributed by atoms with Crippen molar-refractivity contribution in [3.05, 3.63) is 41.1 Å². The number of nitrogens with zero attached hydrogens (tertiary/aromatic N) is 1. The summed E-state index contributed by atoms with van der Waals surface area (Å²) < 4.78 is 31.7. The van der Waals surface area contributed by atoms with Gasteiger partial charge in [-0.2, -0.15) is 0 Å². The molecule has 1 aliphatic rings. The predicted octanol–water partition coefficient (Wildman–Crippen LogP) is 6.69. The summed E-state index contributed by atoms with van der Waals surface area (Å²) in [5.74, 6) is 0.552. The second-order valence-corrected chi connectivity index (χ2v) is 15.3. The van der Waals surface area contributed by atoms with Crippen molar-refractivity contribution < 1.29 is 13.5 Å². The van der Waals surface area contributed by atoms with Crippen LogP contribution in [-0.4, -0.2) is 30.2 Å². The first-order valence-corrected chi connectivity index (χ1v) is 15.0. The Morgan fingerprint density at radius 3 is 1.89 bits per heavy atom. The first-order valence-electron chi connectivity index (χ1n) is 13.5. The molecule has 0 aliphatic heterocycles. The molecule has 2 N–H and O–H groups in total. The maximum Gasteiger partial charge on any atom is 0.242 e. The molecule has 0 bridgehead atoms. The average Bonchev–Trinajstić information content (AvgIpc) is 3.08. The predicted molar refractivity (Wildman–Crippen MR) is 150 cm³/mol. The molecular weight excluding hydrogens is 468 g/mol. The number of nitrogens with one attached hydrogen (secondary N) is 1. The molecular formula is C30H48N2O3S. The van der Waals surface area contributed by atoms with Crippen molar-refractivity contribution in [2.75, 3.05) is 6.54 Å². The fraction of sp³-hybridized carbons (Fsp3) is 0.667. The largest absolute Gasteiger partial charge is 0.389 e. The molecule has 1 aliphatic carbocycles. The number of rotatable bonds is 7. The van der Waals surface area contributed by atoms with Gasteiger partial charge in [-0.25, -0.2) is 13.1 Å². The molecule has 202 valence electrons. The Kier molecular flexibility index (Phi) is 8.25. The normalized spacial score (nSPS) is 16.5. The highest BCUT2D eigenvalue weighted by Crippen LogP contribution is 2.37. The lowest BCUT2D eigenvalue weighted by atomic mass is 9.79. The van der Waals surface area contributed by atoms with Gasteiger partial charge in [-0.1, -0.05) is 66.9 Å². The average molecular weight is 517 g/mol. The van der Waals surface area contributed by atoms with E-state index >= 15 is 0 Å². The Hall–Kier alpha value is -1.63. The van der Waals surface area contributed by atoms with Gasteiger partial charge < -0.3 is 9.67 Å². The summed E-state index contributed by atoms with van der Waals surface area (Å²) >= 11 is 0. The molecule has 5 nitrogen and oxygen atoms in total. The van der Waals surface area contributed by atoms with Gasteiger partial charge >= 0.3 is 0 Å². The van der Waals surface area contributed by atoms with E-state index in [4.69, 9.17) is 0 Å². The molecule has 1 aromatic carbocycles. The topological polar surface area (TPSA) is 71.3 Å². The van der Waals surface area contributed by atoms with Crippen LogP contribution in [0.25, 0.3) is 11.3 Å². The Balaban J connectivity index is 2.20. The van der Waals surface area contributed by atoms with Crippen LogP contribution in [0.3, 0.4) is 0 Å². The minimum Gasteiger partial charge on any atom is -0.389 e. The van der Waals surface area contributed by atoms with Crippen molar-refractivity contribution in [2.24, 2.45) is 5.92 Å². The van der Waals surface area contributed by atoms with Crippen molar-refractivity contribution in [2.45, 2.75) is 122 Å². The van der Waals surface area contributed by atoms with Crippen LogP contribution in [0.2, 0.25) is 0 Å². The molecule has 36 heavy (non-hydrogen) atoms. The summed E-state index contributed by atoms with van der Waals surface area (Å²) in [6.45, 7) is 19.3. The lowest BCUT2D eigenvalue weighted by Crippen LogP contribution is -2.38. The summed E-state index contributed by atoms with van der Waals surface area (Å²) in [5.41, 5.74) is 4.09. The van der Waals surface area contributed by atoms with Gasteiger partial charge in [0.25, 0.3) is 0 Å². The number of sulfonamides is 1.